The maximum absolute atomic E-state index is 10.7. The lowest BCUT2D eigenvalue weighted by atomic mass is 10.2. The van der Waals surface area contributed by atoms with E-state index in [0.717, 1.165) is 11.1 Å². The normalized spacial score (nSPS) is 14.0. The fraction of sp³-hybridized carbons (Fsp3) is 0.0833. The summed E-state index contributed by atoms with van der Waals surface area (Å²) in [6, 6.07) is 9.63. The predicted molar refractivity (Wildman–Crippen MR) is 52.4 cm³/mol. The molecule has 2 nitrogen and oxygen atoms in total. The van der Waals surface area contributed by atoms with Gasteiger partial charge < -0.3 is 4.74 Å². The van der Waals surface area contributed by atoms with Crippen molar-refractivity contribution in [1.29, 1.82) is 0 Å². The quantitative estimate of drug-likeness (QED) is 0.451. The van der Waals surface area contributed by atoms with Crippen molar-refractivity contribution in [1.82, 2.24) is 0 Å². The topological polar surface area (TPSA) is 26.3 Å². The molecule has 0 atom stereocenters. The van der Waals surface area contributed by atoms with Gasteiger partial charge in [0, 0.05) is 17.2 Å². The molecule has 0 saturated carbocycles. The highest BCUT2D eigenvalue weighted by molar-refractivity contribution is 5.86. The van der Waals surface area contributed by atoms with Crippen LogP contribution in [-0.4, -0.2) is 12.6 Å². The lowest BCUT2D eigenvalue weighted by Gasteiger charge is -1.88. The minimum atomic E-state index is -0.303. The molecule has 0 aromatic heterocycles. The van der Waals surface area contributed by atoms with E-state index in [2.05, 4.69) is 11.8 Å². The number of rotatable bonds is 0. The number of hydrogen-bond acceptors (Lipinski definition) is 2. The molecular weight excluding hydrogens is 176 g/mol. The van der Waals surface area contributed by atoms with E-state index in [-0.39, 0.29) is 5.97 Å². The molecule has 0 radical (unpaired) electrons. The maximum atomic E-state index is 10.7. The van der Waals surface area contributed by atoms with Gasteiger partial charge in [-0.1, -0.05) is 30.0 Å². The van der Waals surface area contributed by atoms with Crippen molar-refractivity contribution in [3.05, 3.63) is 47.5 Å². The van der Waals surface area contributed by atoms with Crippen LogP contribution < -0.4 is 0 Å². The molecule has 0 unspecified atom stereocenters. The van der Waals surface area contributed by atoms with E-state index >= 15 is 0 Å². The summed E-state index contributed by atoms with van der Waals surface area (Å²) in [6.45, 7) is 0.304. The Morgan fingerprint density at radius 2 is 1.93 bits per heavy atom. The summed E-state index contributed by atoms with van der Waals surface area (Å²) in [5.74, 6) is 5.55. The molecular formula is C12H8O2. The zero-order valence-corrected chi connectivity index (χ0v) is 7.49. The van der Waals surface area contributed by atoms with Gasteiger partial charge in [0.15, 0.2) is 0 Å². The average Bonchev–Trinajstić information content (AvgIpc) is 2.63. The van der Waals surface area contributed by atoms with Crippen molar-refractivity contribution in [2.75, 3.05) is 6.61 Å². The number of esters is 1. The molecule has 1 aliphatic heterocycles. The Balaban J connectivity index is 2.15. The van der Waals surface area contributed by atoms with Crippen molar-refractivity contribution < 1.29 is 9.53 Å². The van der Waals surface area contributed by atoms with Crippen LogP contribution in [0.4, 0.5) is 0 Å². The van der Waals surface area contributed by atoms with Gasteiger partial charge in [-0.05, 0) is 12.1 Å². The summed E-state index contributed by atoms with van der Waals surface area (Å²) in [7, 11) is 0. The molecule has 0 spiro atoms. The van der Waals surface area contributed by atoms with Gasteiger partial charge in [0.05, 0.1) is 0 Å². The van der Waals surface area contributed by atoms with Crippen LogP contribution in [0.1, 0.15) is 5.56 Å². The van der Waals surface area contributed by atoms with Crippen LogP contribution in [-0.2, 0) is 9.53 Å². The van der Waals surface area contributed by atoms with Gasteiger partial charge in [-0.25, -0.2) is 4.79 Å². The molecule has 0 aliphatic carbocycles. The van der Waals surface area contributed by atoms with Gasteiger partial charge in [0.1, 0.15) is 6.61 Å². The molecule has 14 heavy (non-hydrogen) atoms. The molecule has 0 amide bonds. The zero-order chi connectivity index (χ0) is 9.80. The van der Waals surface area contributed by atoms with Gasteiger partial charge >= 0.3 is 5.97 Å². The number of hydrogen-bond donors (Lipinski definition) is 0. The maximum Gasteiger partial charge on any atom is 0.332 e. The van der Waals surface area contributed by atoms with Gasteiger partial charge in [-0.3, -0.25) is 0 Å². The van der Waals surface area contributed by atoms with E-state index in [1.54, 1.807) is 0 Å². The van der Waals surface area contributed by atoms with Gasteiger partial charge in [-0.15, -0.1) is 0 Å². The van der Waals surface area contributed by atoms with E-state index in [1.165, 1.54) is 6.08 Å². The number of ether oxygens (including phenoxy) is 1. The zero-order valence-electron chi connectivity index (χ0n) is 7.49. The second kappa shape index (κ2) is 3.80. The standard InChI is InChI=1S/C12H8O2/c13-12-8-11(9-14-12)7-6-10-4-2-1-3-5-10/h1-5,8H,9H2. The molecule has 0 fully saturated rings. The SMILES string of the molecule is O=C1C=C(C#Cc2ccccc2)CO1. The monoisotopic (exact) mass is 184 g/mol. The van der Waals surface area contributed by atoms with Crippen molar-refractivity contribution in [3.63, 3.8) is 0 Å². The van der Waals surface area contributed by atoms with E-state index in [4.69, 9.17) is 4.74 Å². The summed E-state index contributed by atoms with van der Waals surface area (Å²) < 4.78 is 4.72. The summed E-state index contributed by atoms with van der Waals surface area (Å²) in [5.41, 5.74) is 1.67. The van der Waals surface area contributed by atoms with Crippen LogP contribution in [0.5, 0.6) is 0 Å². The third kappa shape index (κ3) is 2.02. The lowest BCUT2D eigenvalue weighted by Crippen LogP contribution is -1.90. The van der Waals surface area contributed by atoms with Crippen LogP contribution in [0.25, 0.3) is 0 Å². The molecule has 1 heterocycles. The molecule has 1 aliphatic rings. The minimum absolute atomic E-state index is 0.303. The highest BCUT2D eigenvalue weighted by Gasteiger charge is 2.09. The first-order valence-electron chi connectivity index (χ1n) is 4.29. The van der Waals surface area contributed by atoms with Gasteiger partial charge in [0.25, 0.3) is 0 Å². The molecule has 2 heteroatoms. The Bertz CT molecular complexity index is 432. The first kappa shape index (κ1) is 8.58. The number of benzene rings is 1. The summed E-state index contributed by atoms with van der Waals surface area (Å²) in [5, 5.41) is 0. The largest absolute Gasteiger partial charge is 0.457 e. The molecule has 68 valence electrons. The smallest absolute Gasteiger partial charge is 0.332 e. The second-order valence-corrected chi connectivity index (χ2v) is 2.89. The van der Waals surface area contributed by atoms with Crippen molar-refractivity contribution in [3.8, 4) is 11.8 Å². The first-order valence-corrected chi connectivity index (χ1v) is 4.29. The second-order valence-electron chi connectivity index (χ2n) is 2.89. The highest BCUT2D eigenvalue weighted by atomic mass is 16.5. The van der Waals surface area contributed by atoms with Crippen molar-refractivity contribution in [2.45, 2.75) is 0 Å². The molecule has 2 rings (SSSR count). The van der Waals surface area contributed by atoms with Crippen LogP contribution in [0, 0.1) is 11.8 Å². The first-order chi connectivity index (χ1) is 6.84. The van der Waals surface area contributed by atoms with E-state index in [1.807, 2.05) is 30.3 Å². The van der Waals surface area contributed by atoms with Crippen molar-refractivity contribution >= 4 is 5.97 Å². The molecule has 0 N–H and O–H groups in total. The van der Waals surface area contributed by atoms with Crippen molar-refractivity contribution in [2.24, 2.45) is 0 Å². The van der Waals surface area contributed by atoms with E-state index < -0.39 is 0 Å². The predicted octanol–water partition coefficient (Wildman–Crippen LogP) is 1.52. The van der Waals surface area contributed by atoms with Crippen LogP contribution in [0.3, 0.4) is 0 Å². The Morgan fingerprint density at radius 1 is 1.14 bits per heavy atom. The fourth-order valence-electron chi connectivity index (χ4n) is 1.12. The lowest BCUT2D eigenvalue weighted by molar-refractivity contribution is -0.134. The van der Waals surface area contributed by atoms with E-state index in [0.29, 0.717) is 6.61 Å². The Kier molecular flexibility index (Phi) is 2.33. The Hall–Kier alpha value is -2.01. The molecule has 1 aromatic carbocycles. The van der Waals surface area contributed by atoms with Crippen LogP contribution in [0.15, 0.2) is 42.0 Å². The van der Waals surface area contributed by atoms with Crippen LogP contribution >= 0.6 is 0 Å². The summed E-state index contributed by atoms with van der Waals surface area (Å²) >= 11 is 0. The summed E-state index contributed by atoms with van der Waals surface area (Å²) in [4.78, 5) is 10.7. The van der Waals surface area contributed by atoms with Crippen LogP contribution in [0.2, 0.25) is 0 Å². The fourth-order valence-corrected chi connectivity index (χ4v) is 1.12. The number of cyclic esters (lactones) is 1. The third-order valence-electron chi connectivity index (χ3n) is 1.80. The average molecular weight is 184 g/mol. The Morgan fingerprint density at radius 3 is 2.57 bits per heavy atom. The Labute approximate surface area is 82.2 Å². The molecule has 1 aromatic rings. The van der Waals surface area contributed by atoms with Gasteiger partial charge in [0.2, 0.25) is 0 Å². The third-order valence-corrected chi connectivity index (χ3v) is 1.80. The highest BCUT2D eigenvalue weighted by Crippen LogP contribution is 2.04. The number of carbonyl (C=O) groups excluding carboxylic acids is 1. The van der Waals surface area contributed by atoms with Gasteiger partial charge in [-0.2, -0.15) is 0 Å². The minimum Gasteiger partial charge on any atom is -0.457 e. The molecule has 0 saturated heterocycles. The van der Waals surface area contributed by atoms with E-state index in [9.17, 15) is 4.79 Å². The molecule has 0 bridgehead atoms. The summed E-state index contributed by atoms with van der Waals surface area (Å²) in [6.07, 6.45) is 1.43. The number of carbonyl (C=O) groups is 1.